The van der Waals surface area contributed by atoms with Gasteiger partial charge in [-0.25, -0.2) is 0 Å². The second-order valence-electron chi connectivity index (χ2n) is 4.51. The number of hydrogen-bond acceptors (Lipinski definition) is 1. The van der Waals surface area contributed by atoms with Crippen LogP contribution in [0.15, 0.2) is 30.3 Å². The fourth-order valence-electron chi connectivity index (χ4n) is 1.63. The van der Waals surface area contributed by atoms with E-state index in [1.54, 1.807) is 0 Å². The van der Waals surface area contributed by atoms with Crippen molar-refractivity contribution in [3.8, 4) is 0 Å². The molecule has 1 aliphatic heterocycles. The fraction of sp³-hybridized carbons (Fsp3) is 0.500. The van der Waals surface area contributed by atoms with Crippen molar-refractivity contribution < 1.29 is 4.74 Å². The molecule has 0 N–H and O–H groups in total. The Morgan fingerprint density at radius 3 is 2.23 bits per heavy atom. The van der Waals surface area contributed by atoms with E-state index in [1.165, 1.54) is 5.56 Å². The topological polar surface area (TPSA) is 12.5 Å². The smallest absolute Gasteiger partial charge is 0.0979 e. The highest BCUT2D eigenvalue weighted by molar-refractivity contribution is 5.29. The van der Waals surface area contributed by atoms with Gasteiger partial charge in [-0.2, -0.15) is 0 Å². The molecule has 1 heteroatoms. The SMILES string of the molecule is CC1(C(C)(C)c2ccccc2)CO1. The van der Waals surface area contributed by atoms with E-state index < -0.39 is 0 Å². The average Bonchev–Trinajstić information content (AvgIpc) is 2.87. The van der Waals surface area contributed by atoms with Gasteiger partial charge in [-0.3, -0.25) is 0 Å². The molecule has 0 bridgehead atoms. The molecule has 1 heterocycles. The lowest BCUT2D eigenvalue weighted by molar-refractivity contribution is 0.224. The first-order valence-corrected chi connectivity index (χ1v) is 4.76. The van der Waals surface area contributed by atoms with Crippen LogP contribution in [-0.4, -0.2) is 12.2 Å². The number of benzene rings is 1. The van der Waals surface area contributed by atoms with Gasteiger partial charge in [0.2, 0.25) is 0 Å². The van der Waals surface area contributed by atoms with Crippen molar-refractivity contribution in [1.29, 1.82) is 0 Å². The Bertz CT molecular complexity index is 296. The second-order valence-corrected chi connectivity index (χ2v) is 4.51. The van der Waals surface area contributed by atoms with Crippen LogP contribution in [0.3, 0.4) is 0 Å². The van der Waals surface area contributed by atoms with Gasteiger partial charge in [0.1, 0.15) is 0 Å². The van der Waals surface area contributed by atoms with E-state index in [4.69, 9.17) is 4.74 Å². The summed E-state index contributed by atoms with van der Waals surface area (Å²) in [6, 6.07) is 10.6. The molecular formula is C12H16O. The molecule has 1 nitrogen and oxygen atoms in total. The second kappa shape index (κ2) is 2.58. The average molecular weight is 176 g/mol. The van der Waals surface area contributed by atoms with Crippen molar-refractivity contribution in [2.45, 2.75) is 31.8 Å². The van der Waals surface area contributed by atoms with Crippen molar-refractivity contribution in [2.75, 3.05) is 6.61 Å². The molecule has 1 unspecified atom stereocenters. The Labute approximate surface area is 79.7 Å². The van der Waals surface area contributed by atoms with E-state index >= 15 is 0 Å². The van der Waals surface area contributed by atoms with E-state index in [0.717, 1.165) is 6.61 Å². The summed E-state index contributed by atoms with van der Waals surface area (Å²) in [6.07, 6.45) is 0. The fourth-order valence-corrected chi connectivity index (χ4v) is 1.63. The molecule has 0 aromatic heterocycles. The van der Waals surface area contributed by atoms with Crippen LogP contribution in [0, 0.1) is 0 Å². The van der Waals surface area contributed by atoms with Crippen molar-refractivity contribution in [2.24, 2.45) is 0 Å². The highest BCUT2D eigenvalue weighted by Crippen LogP contribution is 2.45. The Morgan fingerprint density at radius 1 is 1.23 bits per heavy atom. The van der Waals surface area contributed by atoms with Gasteiger partial charge in [0.05, 0.1) is 12.2 Å². The van der Waals surface area contributed by atoms with Crippen molar-refractivity contribution in [1.82, 2.24) is 0 Å². The molecule has 1 atom stereocenters. The summed E-state index contributed by atoms with van der Waals surface area (Å²) >= 11 is 0. The van der Waals surface area contributed by atoms with Gasteiger partial charge in [0.25, 0.3) is 0 Å². The van der Waals surface area contributed by atoms with E-state index in [9.17, 15) is 0 Å². The Balaban J connectivity index is 2.35. The third kappa shape index (κ3) is 1.28. The zero-order valence-electron chi connectivity index (χ0n) is 8.50. The van der Waals surface area contributed by atoms with Gasteiger partial charge in [-0.15, -0.1) is 0 Å². The molecular weight excluding hydrogens is 160 g/mol. The maximum absolute atomic E-state index is 5.52. The Hall–Kier alpha value is -0.820. The lowest BCUT2D eigenvalue weighted by Crippen LogP contribution is -2.34. The monoisotopic (exact) mass is 176 g/mol. The lowest BCUT2D eigenvalue weighted by Gasteiger charge is -2.29. The summed E-state index contributed by atoms with van der Waals surface area (Å²) < 4.78 is 5.52. The lowest BCUT2D eigenvalue weighted by atomic mass is 9.74. The molecule has 1 fully saturated rings. The molecule has 13 heavy (non-hydrogen) atoms. The van der Waals surface area contributed by atoms with Crippen molar-refractivity contribution >= 4 is 0 Å². The summed E-state index contributed by atoms with van der Waals surface area (Å²) in [5.41, 5.74) is 1.53. The number of ether oxygens (including phenoxy) is 1. The summed E-state index contributed by atoms with van der Waals surface area (Å²) in [7, 11) is 0. The van der Waals surface area contributed by atoms with Crippen LogP contribution >= 0.6 is 0 Å². The Morgan fingerprint density at radius 2 is 1.77 bits per heavy atom. The first-order chi connectivity index (χ1) is 6.06. The molecule has 1 saturated heterocycles. The van der Waals surface area contributed by atoms with Crippen LogP contribution in [0.2, 0.25) is 0 Å². The predicted molar refractivity (Wildman–Crippen MR) is 53.8 cm³/mol. The zero-order valence-corrected chi connectivity index (χ0v) is 8.50. The summed E-state index contributed by atoms with van der Waals surface area (Å²) in [6.45, 7) is 7.56. The first kappa shape index (κ1) is 8.76. The van der Waals surface area contributed by atoms with Gasteiger partial charge in [0.15, 0.2) is 0 Å². The molecule has 70 valence electrons. The van der Waals surface area contributed by atoms with Crippen LogP contribution in [0.25, 0.3) is 0 Å². The molecule has 0 aliphatic carbocycles. The summed E-state index contributed by atoms with van der Waals surface area (Å²) in [4.78, 5) is 0. The number of epoxide rings is 1. The Kier molecular flexibility index (Phi) is 1.74. The van der Waals surface area contributed by atoms with Gasteiger partial charge >= 0.3 is 0 Å². The van der Waals surface area contributed by atoms with Crippen LogP contribution in [0.5, 0.6) is 0 Å². The quantitative estimate of drug-likeness (QED) is 0.631. The minimum atomic E-state index is 0.0500. The summed E-state index contributed by atoms with van der Waals surface area (Å²) in [5, 5.41) is 0. The van der Waals surface area contributed by atoms with Crippen molar-refractivity contribution in [3.63, 3.8) is 0 Å². The first-order valence-electron chi connectivity index (χ1n) is 4.76. The van der Waals surface area contributed by atoms with E-state index in [2.05, 4.69) is 51.1 Å². The third-order valence-corrected chi connectivity index (χ3v) is 3.39. The third-order valence-electron chi connectivity index (χ3n) is 3.39. The minimum Gasteiger partial charge on any atom is -0.369 e. The largest absolute Gasteiger partial charge is 0.369 e. The predicted octanol–water partition coefficient (Wildman–Crippen LogP) is 2.75. The van der Waals surface area contributed by atoms with Crippen LogP contribution in [0.1, 0.15) is 26.3 Å². The molecule has 1 aliphatic rings. The minimum absolute atomic E-state index is 0.0500. The van der Waals surface area contributed by atoms with Crippen LogP contribution < -0.4 is 0 Å². The highest BCUT2D eigenvalue weighted by Gasteiger charge is 2.53. The standard InChI is InChI=1S/C12H16O/c1-11(2,12(3)9-13-12)10-7-5-4-6-8-10/h4-8H,9H2,1-3H3. The van der Waals surface area contributed by atoms with E-state index in [-0.39, 0.29) is 11.0 Å². The van der Waals surface area contributed by atoms with E-state index in [1.807, 2.05) is 0 Å². The van der Waals surface area contributed by atoms with Gasteiger partial charge in [0, 0.05) is 5.41 Å². The number of rotatable bonds is 2. The molecule has 0 radical (unpaired) electrons. The molecule has 0 saturated carbocycles. The normalized spacial score (nSPS) is 27.3. The molecule has 0 spiro atoms. The highest BCUT2D eigenvalue weighted by atomic mass is 16.6. The molecule has 0 amide bonds. The van der Waals surface area contributed by atoms with Crippen LogP contribution in [-0.2, 0) is 10.2 Å². The zero-order chi connectivity index (χ0) is 9.53. The number of hydrogen-bond donors (Lipinski definition) is 0. The van der Waals surface area contributed by atoms with Crippen molar-refractivity contribution in [3.05, 3.63) is 35.9 Å². The van der Waals surface area contributed by atoms with Gasteiger partial charge in [-0.05, 0) is 12.5 Å². The van der Waals surface area contributed by atoms with Gasteiger partial charge < -0.3 is 4.74 Å². The maximum atomic E-state index is 5.52. The molecule has 1 aromatic carbocycles. The molecule has 1 aromatic rings. The molecule has 2 rings (SSSR count). The van der Waals surface area contributed by atoms with Gasteiger partial charge in [-0.1, -0.05) is 44.2 Å². The van der Waals surface area contributed by atoms with E-state index in [0.29, 0.717) is 0 Å². The maximum Gasteiger partial charge on any atom is 0.0979 e. The van der Waals surface area contributed by atoms with Crippen LogP contribution in [0.4, 0.5) is 0 Å². The summed E-state index contributed by atoms with van der Waals surface area (Å²) in [5.74, 6) is 0.